The predicted molar refractivity (Wildman–Crippen MR) is 88.1 cm³/mol. The number of nitrogens with one attached hydrogen (secondary N) is 1. The predicted octanol–water partition coefficient (Wildman–Crippen LogP) is 2.30. The quantitative estimate of drug-likeness (QED) is 0.836. The number of rotatable bonds is 6. The van der Waals surface area contributed by atoms with Gasteiger partial charge in [-0.05, 0) is 56.2 Å². The molecule has 24 heavy (non-hydrogen) atoms. The van der Waals surface area contributed by atoms with Crippen molar-refractivity contribution in [3.63, 3.8) is 0 Å². The van der Waals surface area contributed by atoms with Gasteiger partial charge >= 0.3 is 0 Å². The first-order chi connectivity index (χ1) is 11.5. The maximum atomic E-state index is 14.2. The molecule has 3 N–H and O–H groups in total. The standard InChI is InChI=1S/C18H25FN2O3/c1-12(21-17(22)18(20)6-8-23-9-7-18)14-4-5-16(15(19)10-14)24-11-13-2-3-13/h4-5,10,12-13H,2-3,6-9,11,20H2,1H3,(H,21,22). The van der Waals surface area contributed by atoms with Gasteiger partial charge in [0.2, 0.25) is 5.91 Å². The van der Waals surface area contributed by atoms with Gasteiger partial charge in [0.1, 0.15) is 0 Å². The molecule has 2 aliphatic rings. The van der Waals surface area contributed by atoms with E-state index in [-0.39, 0.29) is 17.7 Å². The number of amides is 1. The van der Waals surface area contributed by atoms with Crippen LogP contribution in [0.3, 0.4) is 0 Å². The Bertz CT molecular complexity index is 598. The number of carbonyl (C=O) groups is 1. The molecule has 1 atom stereocenters. The average molecular weight is 336 g/mol. The van der Waals surface area contributed by atoms with Crippen molar-refractivity contribution in [3.05, 3.63) is 29.6 Å². The van der Waals surface area contributed by atoms with Crippen molar-refractivity contribution in [2.24, 2.45) is 11.7 Å². The van der Waals surface area contributed by atoms with Crippen LogP contribution in [0.4, 0.5) is 4.39 Å². The van der Waals surface area contributed by atoms with E-state index in [1.165, 1.54) is 6.07 Å². The molecule has 0 radical (unpaired) electrons. The molecular weight excluding hydrogens is 311 g/mol. The third kappa shape index (κ3) is 4.05. The summed E-state index contributed by atoms with van der Waals surface area (Å²) in [6.45, 7) is 3.36. The molecule has 2 fully saturated rings. The fourth-order valence-corrected chi connectivity index (χ4v) is 2.78. The van der Waals surface area contributed by atoms with Gasteiger partial charge in [-0.3, -0.25) is 4.79 Å². The van der Waals surface area contributed by atoms with Crippen molar-refractivity contribution in [2.45, 2.75) is 44.2 Å². The van der Waals surface area contributed by atoms with Crippen LogP contribution in [0.15, 0.2) is 18.2 Å². The minimum Gasteiger partial charge on any atom is -0.490 e. The van der Waals surface area contributed by atoms with Crippen LogP contribution in [-0.2, 0) is 9.53 Å². The number of carbonyl (C=O) groups excluding carboxylic acids is 1. The van der Waals surface area contributed by atoms with Gasteiger partial charge in [0.25, 0.3) is 0 Å². The van der Waals surface area contributed by atoms with Gasteiger partial charge in [0.05, 0.1) is 18.2 Å². The third-order valence-corrected chi connectivity index (χ3v) is 4.81. The van der Waals surface area contributed by atoms with E-state index in [0.29, 0.717) is 44.1 Å². The summed E-state index contributed by atoms with van der Waals surface area (Å²) in [6, 6.07) is 4.50. The molecule has 1 aromatic carbocycles. The molecular formula is C18H25FN2O3. The summed E-state index contributed by atoms with van der Waals surface area (Å²) in [5.74, 6) is 0.224. The van der Waals surface area contributed by atoms with Gasteiger partial charge < -0.3 is 20.5 Å². The molecule has 0 spiro atoms. The summed E-state index contributed by atoms with van der Waals surface area (Å²) in [4.78, 5) is 12.4. The molecule has 1 saturated carbocycles. The van der Waals surface area contributed by atoms with Crippen LogP contribution in [0, 0.1) is 11.7 Å². The highest BCUT2D eigenvalue weighted by Crippen LogP contribution is 2.30. The molecule has 1 aromatic rings. The van der Waals surface area contributed by atoms with Crippen LogP contribution in [-0.4, -0.2) is 31.3 Å². The Balaban J connectivity index is 1.60. The highest BCUT2D eigenvalue weighted by Gasteiger charge is 2.36. The van der Waals surface area contributed by atoms with E-state index in [4.69, 9.17) is 15.2 Å². The van der Waals surface area contributed by atoms with E-state index >= 15 is 0 Å². The second-order valence-corrected chi connectivity index (χ2v) is 6.91. The normalized spacial score (nSPS) is 21.1. The van der Waals surface area contributed by atoms with Gasteiger partial charge in [0, 0.05) is 13.2 Å². The first-order valence-electron chi connectivity index (χ1n) is 8.58. The summed E-state index contributed by atoms with van der Waals surface area (Å²) in [5, 5.41) is 2.89. The Kier molecular flexibility index (Phi) is 5.06. The maximum Gasteiger partial charge on any atom is 0.240 e. The van der Waals surface area contributed by atoms with E-state index in [2.05, 4.69) is 5.32 Å². The van der Waals surface area contributed by atoms with E-state index in [0.717, 1.165) is 12.8 Å². The zero-order valence-corrected chi connectivity index (χ0v) is 14.0. The Morgan fingerprint density at radius 1 is 1.46 bits per heavy atom. The smallest absolute Gasteiger partial charge is 0.240 e. The topological polar surface area (TPSA) is 73.6 Å². The Hall–Kier alpha value is -1.66. The van der Waals surface area contributed by atoms with E-state index in [1.54, 1.807) is 12.1 Å². The Labute approximate surface area is 141 Å². The maximum absolute atomic E-state index is 14.2. The zero-order valence-electron chi connectivity index (χ0n) is 14.0. The number of hydrogen-bond acceptors (Lipinski definition) is 4. The molecule has 5 nitrogen and oxygen atoms in total. The molecule has 1 amide bonds. The lowest BCUT2D eigenvalue weighted by atomic mass is 9.90. The summed E-state index contributed by atoms with van der Waals surface area (Å²) >= 11 is 0. The fraction of sp³-hybridized carbons (Fsp3) is 0.611. The number of benzene rings is 1. The van der Waals surface area contributed by atoms with Crippen molar-refractivity contribution in [3.8, 4) is 5.75 Å². The minimum absolute atomic E-state index is 0.215. The van der Waals surface area contributed by atoms with Gasteiger partial charge in [-0.15, -0.1) is 0 Å². The SMILES string of the molecule is CC(NC(=O)C1(N)CCOCC1)c1ccc(OCC2CC2)c(F)c1. The van der Waals surface area contributed by atoms with Crippen molar-refractivity contribution < 1.29 is 18.7 Å². The van der Waals surface area contributed by atoms with Gasteiger partial charge in [-0.1, -0.05) is 6.07 Å². The fourth-order valence-electron chi connectivity index (χ4n) is 2.78. The lowest BCUT2D eigenvalue weighted by Gasteiger charge is -2.33. The van der Waals surface area contributed by atoms with Gasteiger partial charge in [0.15, 0.2) is 11.6 Å². The molecule has 0 bridgehead atoms. The van der Waals surface area contributed by atoms with Crippen molar-refractivity contribution in [2.75, 3.05) is 19.8 Å². The van der Waals surface area contributed by atoms with E-state index in [1.807, 2.05) is 6.92 Å². The number of nitrogens with two attached hydrogens (primary N) is 1. The second-order valence-electron chi connectivity index (χ2n) is 6.91. The molecule has 132 valence electrons. The van der Waals surface area contributed by atoms with Crippen molar-refractivity contribution >= 4 is 5.91 Å². The minimum atomic E-state index is -0.904. The van der Waals surface area contributed by atoms with Crippen LogP contribution in [0.5, 0.6) is 5.75 Å². The summed E-state index contributed by atoms with van der Waals surface area (Å²) in [7, 11) is 0. The Morgan fingerprint density at radius 3 is 2.79 bits per heavy atom. The Morgan fingerprint density at radius 2 is 2.17 bits per heavy atom. The lowest BCUT2D eigenvalue weighted by Crippen LogP contribution is -2.57. The summed E-state index contributed by atoms with van der Waals surface area (Å²) in [5.41, 5.74) is 5.96. The largest absolute Gasteiger partial charge is 0.490 e. The monoisotopic (exact) mass is 336 g/mol. The first-order valence-corrected chi connectivity index (χ1v) is 8.58. The first kappa shape index (κ1) is 17.2. The average Bonchev–Trinajstić information content (AvgIpc) is 3.38. The van der Waals surface area contributed by atoms with Gasteiger partial charge in [-0.2, -0.15) is 0 Å². The van der Waals surface area contributed by atoms with Crippen LogP contribution in [0.2, 0.25) is 0 Å². The molecule has 1 heterocycles. The lowest BCUT2D eigenvalue weighted by molar-refractivity contribution is -0.130. The molecule has 6 heteroatoms. The molecule has 1 unspecified atom stereocenters. The highest BCUT2D eigenvalue weighted by atomic mass is 19.1. The number of halogens is 1. The van der Waals surface area contributed by atoms with Crippen LogP contribution in [0.1, 0.15) is 44.2 Å². The summed E-state index contributed by atoms with van der Waals surface area (Å²) in [6.07, 6.45) is 3.31. The molecule has 0 aromatic heterocycles. The van der Waals surface area contributed by atoms with Crippen LogP contribution in [0.25, 0.3) is 0 Å². The van der Waals surface area contributed by atoms with Gasteiger partial charge in [-0.25, -0.2) is 4.39 Å². The number of ether oxygens (including phenoxy) is 2. The zero-order chi connectivity index (χ0) is 17.2. The molecule has 1 saturated heterocycles. The molecule has 1 aliphatic carbocycles. The van der Waals surface area contributed by atoms with E-state index in [9.17, 15) is 9.18 Å². The van der Waals surface area contributed by atoms with Crippen molar-refractivity contribution in [1.82, 2.24) is 5.32 Å². The highest BCUT2D eigenvalue weighted by molar-refractivity contribution is 5.86. The second kappa shape index (κ2) is 7.07. The van der Waals surface area contributed by atoms with Crippen molar-refractivity contribution in [1.29, 1.82) is 0 Å². The van der Waals surface area contributed by atoms with E-state index < -0.39 is 11.4 Å². The summed E-state index contributed by atoms with van der Waals surface area (Å²) < 4.78 is 24.9. The van der Waals surface area contributed by atoms with Crippen LogP contribution < -0.4 is 15.8 Å². The molecule has 1 aliphatic heterocycles. The third-order valence-electron chi connectivity index (χ3n) is 4.81. The van der Waals surface area contributed by atoms with Crippen LogP contribution >= 0.6 is 0 Å². The number of hydrogen-bond donors (Lipinski definition) is 2. The molecule has 3 rings (SSSR count).